The summed E-state index contributed by atoms with van der Waals surface area (Å²) < 4.78 is 2.00. The van der Waals surface area contributed by atoms with Crippen molar-refractivity contribution in [3.63, 3.8) is 0 Å². The van der Waals surface area contributed by atoms with Crippen LogP contribution in [0.15, 0.2) is 18.3 Å². The highest BCUT2D eigenvalue weighted by molar-refractivity contribution is 5.93. The molecular formula is C14H23N3O. The number of carbonyl (C=O) groups is 1. The lowest BCUT2D eigenvalue weighted by Gasteiger charge is -2.27. The third-order valence-corrected chi connectivity index (χ3v) is 3.67. The Morgan fingerprint density at radius 1 is 1.39 bits per heavy atom. The van der Waals surface area contributed by atoms with E-state index < -0.39 is 0 Å². The standard InChI is InChI=1S/C14H23N3O/c1-10(2)17-9-3-4-13(17)14(18)16-12-7-5-11(15)6-8-12/h3-4,9-12H,5-8,15H2,1-2H3,(H,16,18). The number of nitrogens with two attached hydrogens (primary N) is 1. The zero-order chi connectivity index (χ0) is 13.1. The lowest BCUT2D eigenvalue weighted by atomic mass is 9.92. The number of aromatic nitrogens is 1. The molecule has 1 aliphatic carbocycles. The third kappa shape index (κ3) is 2.93. The molecule has 4 heteroatoms. The molecule has 0 spiro atoms. The van der Waals surface area contributed by atoms with Crippen LogP contribution in [0, 0.1) is 0 Å². The van der Waals surface area contributed by atoms with Crippen molar-refractivity contribution in [1.29, 1.82) is 0 Å². The normalized spacial score (nSPS) is 24.2. The summed E-state index contributed by atoms with van der Waals surface area (Å²) in [5.41, 5.74) is 6.62. The van der Waals surface area contributed by atoms with Crippen molar-refractivity contribution in [2.45, 2.75) is 57.7 Å². The van der Waals surface area contributed by atoms with Crippen molar-refractivity contribution in [2.24, 2.45) is 5.73 Å². The van der Waals surface area contributed by atoms with E-state index >= 15 is 0 Å². The van der Waals surface area contributed by atoms with Gasteiger partial charge in [0.15, 0.2) is 0 Å². The summed E-state index contributed by atoms with van der Waals surface area (Å²) in [5.74, 6) is 0.0363. The van der Waals surface area contributed by atoms with Gasteiger partial charge in [0.2, 0.25) is 0 Å². The molecule has 0 unspecified atom stereocenters. The highest BCUT2D eigenvalue weighted by Gasteiger charge is 2.21. The molecule has 4 nitrogen and oxygen atoms in total. The number of nitrogens with one attached hydrogen (secondary N) is 1. The van der Waals surface area contributed by atoms with Crippen molar-refractivity contribution < 1.29 is 4.79 Å². The number of nitrogens with zero attached hydrogens (tertiary/aromatic N) is 1. The summed E-state index contributed by atoms with van der Waals surface area (Å²) in [6.45, 7) is 4.16. The van der Waals surface area contributed by atoms with E-state index in [4.69, 9.17) is 5.73 Å². The lowest BCUT2D eigenvalue weighted by Crippen LogP contribution is -2.41. The second-order valence-electron chi connectivity index (χ2n) is 5.48. The first-order chi connectivity index (χ1) is 8.58. The maximum atomic E-state index is 12.2. The Balaban J connectivity index is 1.97. The molecule has 0 bridgehead atoms. The largest absolute Gasteiger partial charge is 0.348 e. The molecule has 0 radical (unpaired) electrons. The molecule has 2 rings (SSSR count). The average molecular weight is 249 g/mol. The minimum Gasteiger partial charge on any atom is -0.348 e. The second-order valence-corrected chi connectivity index (χ2v) is 5.48. The summed E-state index contributed by atoms with van der Waals surface area (Å²) in [7, 11) is 0. The fourth-order valence-electron chi connectivity index (χ4n) is 2.56. The molecule has 0 aromatic carbocycles. The first-order valence-electron chi connectivity index (χ1n) is 6.81. The van der Waals surface area contributed by atoms with E-state index in [2.05, 4.69) is 19.2 Å². The molecule has 0 atom stereocenters. The van der Waals surface area contributed by atoms with Crippen molar-refractivity contribution in [2.75, 3.05) is 0 Å². The van der Waals surface area contributed by atoms with Gasteiger partial charge in [0, 0.05) is 24.3 Å². The van der Waals surface area contributed by atoms with Crippen LogP contribution in [-0.2, 0) is 0 Å². The topological polar surface area (TPSA) is 60.0 Å². The Morgan fingerprint density at radius 3 is 2.67 bits per heavy atom. The van der Waals surface area contributed by atoms with E-state index in [1.807, 2.05) is 22.9 Å². The first-order valence-corrected chi connectivity index (χ1v) is 6.81. The highest BCUT2D eigenvalue weighted by atomic mass is 16.2. The molecule has 1 heterocycles. The fourth-order valence-corrected chi connectivity index (χ4v) is 2.56. The van der Waals surface area contributed by atoms with Gasteiger partial charge >= 0.3 is 0 Å². The smallest absolute Gasteiger partial charge is 0.268 e. The van der Waals surface area contributed by atoms with Gasteiger partial charge in [-0.05, 0) is 51.7 Å². The Labute approximate surface area is 109 Å². The number of hydrogen-bond donors (Lipinski definition) is 2. The minimum atomic E-state index is 0.0363. The molecule has 1 aromatic rings. The maximum absolute atomic E-state index is 12.2. The van der Waals surface area contributed by atoms with Crippen LogP contribution in [0.25, 0.3) is 0 Å². The number of carbonyl (C=O) groups excluding carboxylic acids is 1. The minimum absolute atomic E-state index is 0.0363. The zero-order valence-corrected chi connectivity index (χ0v) is 11.2. The molecule has 1 saturated carbocycles. The molecule has 0 saturated heterocycles. The summed E-state index contributed by atoms with van der Waals surface area (Å²) in [6.07, 6.45) is 5.97. The number of amides is 1. The van der Waals surface area contributed by atoms with Crippen LogP contribution < -0.4 is 11.1 Å². The van der Waals surface area contributed by atoms with Crippen molar-refractivity contribution >= 4 is 5.91 Å². The van der Waals surface area contributed by atoms with Crippen LogP contribution in [0.2, 0.25) is 0 Å². The van der Waals surface area contributed by atoms with Gasteiger partial charge in [-0.2, -0.15) is 0 Å². The van der Waals surface area contributed by atoms with E-state index in [0.29, 0.717) is 12.1 Å². The fraction of sp³-hybridized carbons (Fsp3) is 0.643. The molecule has 3 N–H and O–H groups in total. The van der Waals surface area contributed by atoms with Gasteiger partial charge in [-0.15, -0.1) is 0 Å². The van der Waals surface area contributed by atoms with E-state index in [-0.39, 0.29) is 11.9 Å². The molecule has 1 fully saturated rings. The molecule has 1 aromatic heterocycles. The highest BCUT2D eigenvalue weighted by Crippen LogP contribution is 2.18. The second kappa shape index (κ2) is 5.57. The third-order valence-electron chi connectivity index (χ3n) is 3.67. The van der Waals surface area contributed by atoms with Gasteiger partial charge in [-0.1, -0.05) is 0 Å². The quantitative estimate of drug-likeness (QED) is 0.861. The van der Waals surface area contributed by atoms with Crippen LogP contribution in [0.3, 0.4) is 0 Å². The molecule has 1 amide bonds. The summed E-state index contributed by atoms with van der Waals surface area (Å²) in [6, 6.07) is 4.71. The van der Waals surface area contributed by atoms with Crippen LogP contribution in [-0.4, -0.2) is 22.6 Å². The number of hydrogen-bond acceptors (Lipinski definition) is 2. The summed E-state index contributed by atoms with van der Waals surface area (Å²) >= 11 is 0. The Morgan fingerprint density at radius 2 is 2.06 bits per heavy atom. The zero-order valence-electron chi connectivity index (χ0n) is 11.2. The van der Waals surface area contributed by atoms with E-state index in [0.717, 1.165) is 31.4 Å². The van der Waals surface area contributed by atoms with Gasteiger partial charge in [0.1, 0.15) is 5.69 Å². The van der Waals surface area contributed by atoms with Crippen molar-refractivity contribution in [1.82, 2.24) is 9.88 Å². The Hall–Kier alpha value is -1.29. The Bertz CT molecular complexity index is 403. The molecule has 18 heavy (non-hydrogen) atoms. The monoisotopic (exact) mass is 249 g/mol. The number of rotatable bonds is 3. The summed E-state index contributed by atoms with van der Waals surface area (Å²) in [4.78, 5) is 12.2. The van der Waals surface area contributed by atoms with Gasteiger partial charge in [0.05, 0.1) is 0 Å². The Kier molecular flexibility index (Phi) is 4.07. The van der Waals surface area contributed by atoms with Crippen LogP contribution in [0.1, 0.15) is 56.1 Å². The SMILES string of the molecule is CC(C)n1cccc1C(=O)NC1CCC(N)CC1. The van der Waals surface area contributed by atoms with Crippen molar-refractivity contribution in [3.8, 4) is 0 Å². The van der Waals surface area contributed by atoms with E-state index in [1.165, 1.54) is 0 Å². The van der Waals surface area contributed by atoms with Gasteiger partial charge in [-0.3, -0.25) is 4.79 Å². The van der Waals surface area contributed by atoms with Crippen LogP contribution >= 0.6 is 0 Å². The predicted molar refractivity (Wildman–Crippen MR) is 72.5 cm³/mol. The molecule has 1 aliphatic rings. The van der Waals surface area contributed by atoms with E-state index in [9.17, 15) is 4.79 Å². The van der Waals surface area contributed by atoms with Gasteiger partial charge < -0.3 is 15.6 Å². The summed E-state index contributed by atoms with van der Waals surface area (Å²) in [5, 5.41) is 3.12. The predicted octanol–water partition coefficient (Wildman–Crippen LogP) is 2.07. The van der Waals surface area contributed by atoms with E-state index in [1.54, 1.807) is 0 Å². The van der Waals surface area contributed by atoms with Crippen LogP contribution in [0.5, 0.6) is 0 Å². The molecule has 100 valence electrons. The molecule has 0 aliphatic heterocycles. The van der Waals surface area contributed by atoms with Gasteiger partial charge in [-0.25, -0.2) is 0 Å². The first kappa shape index (κ1) is 13.1. The van der Waals surface area contributed by atoms with Gasteiger partial charge in [0.25, 0.3) is 5.91 Å². The average Bonchev–Trinajstić information content (AvgIpc) is 2.81. The van der Waals surface area contributed by atoms with Crippen molar-refractivity contribution in [3.05, 3.63) is 24.0 Å². The lowest BCUT2D eigenvalue weighted by molar-refractivity contribution is 0.0915. The van der Waals surface area contributed by atoms with Crippen LogP contribution in [0.4, 0.5) is 0 Å². The maximum Gasteiger partial charge on any atom is 0.268 e. The molecular weight excluding hydrogens is 226 g/mol.